The third-order valence-electron chi connectivity index (χ3n) is 5.66. The summed E-state index contributed by atoms with van der Waals surface area (Å²) in [5.41, 5.74) is 3.77. The van der Waals surface area contributed by atoms with E-state index < -0.39 is 5.60 Å². The fraction of sp³-hybridized carbons (Fsp3) is 0.103. The minimum Gasteiger partial charge on any atom is -0.378 e. The minimum absolute atomic E-state index is 0.361. The number of benzene rings is 4. The third kappa shape index (κ3) is 4.36. The predicted octanol–water partition coefficient (Wildman–Crippen LogP) is 6.11. The van der Waals surface area contributed by atoms with Gasteiger partial charge in [-0.2, -0.15) is 0 Å². The van der Waals surface area contributed by atoms with Gasteiger partial charge in [-0.3, -0.25) is 0 Å². The van der Waals surface area contributed by atoms with Crippen LogP contribution in [-0.4, -0.2) is 11.7 Å². The van der Waals surface area contributed by atoms with Crippen LogP contribution in [0.3, 0.4) is 0 Å². The highest BCUT2D eigenvalue weighted by molar-refractivity contribution is 5.63. The van der Waals surface area contributed by atoms with E-state index in [1.165, 1.54) is 5.56 Å². The Balaban J connectivity index is 1.82. The van der Waals surface area contributed by atoms with Crippen molar-refractivity contribution in [3.8, 4) is 11.1 Å². The minimum atomic E-state index is -1.25. The number of hydrogen-bond donors (Lipinski definition) is 2. The van der Waals surface area contributed by atoms with Crippen molar-refractivity contribution < 1.29 is 5.11 Å². The molecule has 0 aliphatic carbocycles. The molecule has 4 rings (SSSR count). The second kappa shape index (κ2) is 9.57. The van der Waals surface area contributed by atoms with Crippen LogP contribution in [0.1, 0.15) is 22.7 Å². The summed E-state index contributed by atoms with van der Waals surface area (Å²) in [7, 11) is 0. The highest BCUT2D eigenvalue weighted by Crippen LogP contribution is 2.41. The lowest BCUT2D eigenvalue weighted by atomic mass is 9.77. The third-order valence-corrected chi connectivity index (χ3v) is 5.66. The van der Waals surface area contributed by atoms with E-state index in [-0.39, 0.29) is 6.04 Å². The Morgan fingerprint density at radius 1 is 0.677 bits per heavy atom. The Bertz CT molecular complexity index is 1050. The topological polar surface area (TPSA) is 32.3 Å². The van der Waals surface area contributed by atoms with E-state index >= 15 is 0 Å². The molecular formula is C29H27NO. The molecule has 0 amide bonds. The van der Waals surface area contributed by atoms with Gasteiger partial charge in [-0.05, 0) is 27.8 Å². The highest BCUT2D eigenvalue weighted by atomic mass is 16.3. The van der Waals surface area contributed by atoms with Crippen molar-refractivity contribution in [2.24, 2.45) is 0 Å². The van der Waals surface area contributed by atoms with Crippen LogP contribution < -0.4 is 5.32 Å². The second-order valence-corrected chi connectivity index (χ2v) is 7.62. The Labute approximate surface area is 184 Å². The van der Waals surface area contributed by atoms with Gasteiger partial charge in [0.25, 0.3) is 0 Å². The Morgan fingerprint density at radius 2 is 1.13 bits per heavy atom. The van der Waals surface area contributed by atoms with E-state index in [9.17, 15) is 5.11 Å². The normalized spacial score (nSPS) is 12.3. The molecule has 1 atom stereocenters. The summed E-state index contributed by atoms with van der Waals surface area (Å²) in [5.74, 6) is 0. The van der Waals surface area contributed by atoms with E-state index in [0.29, 0.717) is 6.54 Å². The van der Waals surface area contributed by atoms with Crippen LogP contribution in [0.4, 0.5) is 0 Å². The van der Waals surface area contributed by atoms with Crippen LogP contribution in [0, 0.1) is 0 Å². The zero-order valence-corrected chi connectivity index (χ0v) is 17.5. The van der Waals surface area contributed by atoms with Crippen LogP contribution in [0.2, 0.25) is 0 Å². The molecule has 4 aromatic carbocycles. The van der Waals surface area contributed by atoms with Crippen molar-refractivity contribution >= 4 is 0 Å². The van der Waals surface area contributed by atoms with E-state index in [1.54, 1.807) is 0 Å². The Hall–Kier alpha value is -3.46. The maximum absolute atomic E-state index is 12.3. The molecule has 154 valence electrons. The molecule has 0 fully saturated rings. The molecule has 0 unspecified atom stereocenters. The maximum atomic E-state index is 12.3. The van der Waals surface area contributed by atoms with Gasteiger partial charge >= 0.3 is 0 Å². The van der Waals surface area contributed by atoms with E-state index in [0.717, 1.165) is 22.3 Å². The standard InChI is InChI=1S/C29H27NO/c1-2-22-30-28(25-20-18-24(19-21-25)23-12-6-3-7-13-23)29(31,26-14-8-4-9-15-26)27-16-10-5-11-17-27/h2-21,28,30-31H,1,22H2/t28-/m1/s1. The van der Waals surface area contributed by atoms with Crippen molar-refractivity contribution in [3.05, 3.63) is 145 Å². The number of hydrogen-bond acceptors (Lipinski definition) is 2. The molecule has 0 aliphatic heterocycles. The smallest absolute Gasteiger partial charge is 0.134 e. The molecule has 2 nitrogen and oxygen atoms in total. The van der Waals surface area contributed by atoms with Gasteiger partial charge in [0, 0.05) is 6.54 Å². The molecule has 2 heteroatoms. The summed E-state index contributed by atoms with van der Waals surface area (Å²) in [6, 6.07) is 38.1. The van der Waals surface area contributed by atoms with Gasteiger partial charge in [-0.25, -0.2) is 0 Å². The van der Waals surface area contributed by atoms with Gasteiger partial charge < -0.3 is 10.4 Å². The molecule has 0 saturated carbocycles. The zero-order chi connectivity index (χ0) is 21.5. The summed E-state index contributed by atoms with van der Waals surface area (Å²) in [5, 5.41) is 15.8. The van der Waals surface area contributed by atoms with Crippen molar-refractivity contribution in [1.82, 2.24) is 5.32 Å². The molecule has 0 radical (unpaired) electrons. The molecule has 4 aromatic rings. The summed E-state index contributed by atoms with van der Waals surface area (Å²) >= 11 is 0. The highest BCUT2D eigenvalue weighted by Gasteiger charge is 2.40. The maximum Gasteiger partial charge on any atom is 0.134 e. The molecule has 0 saturated heterocycles. The average molecular weight is 406 g/mol. The van der Waals surface area contributed by atoms with Crippen molar-refractivity contribution in [2.45, 2.75) is 11.6 Å². The van der Waals surface area contributed by atoms with Gasteiger partial charge in [-0.15, -0.1) is 6.58 Å². The molecule has 2 N–H and O–H groups in total. The first-order chi connectivity index (χ1) is 15.2. The summed E-state index contributed by atoms with van der Waals surface area (Å²) in [4.78, 5) is 0. The van der Waals surface area contributed by atoms with Gasteiger partial charge in [0.2, 0.25) is 0 Å². The van der Waals surface area contributed by atoms with Crippen molar-refractivity contribution in [3.63, 3.8) is 0 Å². The van der Waals surface area contributed by atoms with Gasteiger partial charge in [0.1, 0.15) is 5.60 Å². The van der Waals surface area contributed by atoms with E-state index in [1.807, 2.05) is 84.9 Å². The lowest BCUT2D eigenvalue weighted by molar-refractivity contribution is 0.0376. The first-order valence-electron chi connectivity index (χ1n) is 10.6. The fourth-order valence-corrected chi connectivity index (χ4v) is 4.09. The number of aliphatic hydroxyl groups is 1. The molecule has 0 aliphatic rings. The largest absolute Gasteiger partial charge is 0.378 e. The number of rotatable bonds is 8. The van der Waals surface area contributed by atoms with E-state index in [4.69, 9.17) is 0 Å². The SMILES string of the molecule is C=CCN[C@H](c1ccc(-c2ccccc2)cc1)C(O)(c1ccccc1)c1ccccc1. The molecular weight excluding hydrogens is 378 g/mol. The average Bonchev–Trinajstić information content (AvgIpc) is 2.86. The molecule has 0 heterocycles. The van der Waals surface area contributed by atoms with E-state index in [2.05, 4.69) is 48.3 Å². The van der Waals surface area contributed by atoms with Gasteiger partial charge in [-0.1, -0.05) is 121 Å². The lowest BCUT2D eigenvalue weighted by Gasteiger charge is -2.38. The lowest BCUT2D eigenvalue weighted by Crippen LogP contribution is -2.43. The van der Waals surface area contributed by atoms with Crippen LogP contribution in [0.5, 0.6) is 0 Å². The quantitative estimate of drug-likeness (QED) is 0.347. The summed E-state index contributed by atoms with van der Waals surface area (Å²) in [6.45, 7) is 4.44. The van der Waals surface area contributed by atoms with Crippen LogP contribution in [0.25, 0.3) is 11.1 Å². The summed E-state index contributed by atoms with van der Waals surface area (Å²) < 4.78 is 0. The fourth-order valence-electron chi connectivity index (χ4n) is 4.09. The molecule has 31 heavy (non-hydrogen) atoms. The number of nitrogens with one attached hydrogen (secondary N) is 1. The molecule has 0 bridgehead atoms. The first-order valence-corrected chi connectivity index (χ1v) is 10.6. The monoisotopic (exact) mass is 405 g/mol. The Morgan fingerprint density at radius 3 is 1.61 bits per heavy atom. The molecule has 0 aromatic heterocycles. The molecule has 0 spiro atoms. The second-order valence-electron chi connectivity index (χ2n) is 7.62. The zero-order valence-electron chi connectivity index (χ0n) is 17.5. The first kappa shape index (κ1) is 20.8. The van der Waals surface area contributed by atoms with Crippen molar-refractivity contribution in [2.75, 3.05) is 6.54 Å². The van der Waals surface area contributed by atoms with Gasteiger partial charge in [0.05, 0.1) is 6.04 Å². The van der Waals surface area contributed by atoms with Gasteiger partial charge in [0.15, 0.2) is 0 Å². The predicted molar refractivity (Wildman–Crippen MR) is 129 cm³/mol. The summed E-state index contributed by atoms with van der Waals surface area (Å²) in [6.07, 6.45) is 1.82. The van der Waals surface area contributed by atoms with Crippen LogP contribution >= 0.6 is 0 Å². The Kier molecular flexibility index (Phi) is 6.42. The van der Waals surface area contributed by atoms with Crippen LogP contribution in [-0.2, 0) is 5.60 Å². The van der Waals surface area contributed by atoms with Crippen LogP contribution in [0.15, 0.2) is 128 Å². The van der Waals surface area contributed by atoms with Crippen molar-refractivity contribution in [1.29, 1.82) is 0 Å².